The summed E-state index contributed by atoms with van der Waals surface area (Å²) in [4.78, 5) is 23.4. The maximum atomic E-state index is 12.0. The molecule has 0 amide bonds. The molecule has 0 aliphatic heterocycles. The molecule has 3 nitrogen and oxygen atoms in total. The topological polar surface area (TPSA) is 43.4 Å². The van der Waals surface area contributed by atoms with Gasteiger partial charge in [0.25, 0.3) is 5.78 Å². The van der Waals surface area contributed by atoms with Crippen LogP contribution in [-0.4, -0.2) is 18.9 Å². The maximum absolute atomic E-state index is 12.0. The molecule has 0 saturated carbocycles. The highest BCUT2D eigenvalue weighted by Gasteiger charge is 2.37. The lowest BCUT2D eigenvalue weighted by molar-refractivity contribution is -0.135. The molecule has 2 rings (SSSR count). The van der Waals surface area contributed by atoms with Crippen LogP contribution in [0.4, 0.5) is 0 Å². The molecule has 0 N–H and O–H groups in total. The Morgan fingerprint density at radius 2 is 1.55 bits per heavy atom. The Morgan fingerprint density at radius 1 is 1.00 bits per heavy atom. The fourth-order valence-electron chi connectivity index (χ4n) is 2.94. The molecule has 20 heavy (non-hydrogen) atoms. The van der Waals surface area contributed by atoms with Crippen molar-refractivity contribution >= 4 is 11.8 Å². The minimum atomic E-state index is -0.808. The van der Waals surface area contributed by atoms with Crippen LogP contribution >= 0.6 is 0 Å². The number of fused-ring (bicyclic) bond motifs is 1. The molecule has 0 bridgehead atoms. The van der Waals surface area contributed by atoms with E-state index in [1.807, 2.05) is 12.1 Å². The average molecular weight is 274 g/mol. The Labute approximate surface area is 120 Å². The zero-order valence-corrected chi connectivity index (χ0v) is 12.9. The predicted molar refractivity (Wildman–Crippen MR) is 78.1 cm³/mol. The SMILES string of the molecule is COC(=O)C(=O)c1ccc2c(c1)C(C)(C)CCC2(C)C. The number of benzene rings is 1. The largest absolute Gasteiger partial charge is 0.463 e. The number of esters is 1. The summed E-state index contributed by atoms with van der Waals surface area (Å²) in [5, 5.41) is 0. The van der Waals surface area contributed by atoms with Crippen molar-refractivity contribution in [2.45, 2.75) is 51.4 Å². The summed E-state index contributed by atoms with van der Waals surface area (Å²) in [6, 6.07) is 5.60. The van der Waals surface area contributed by atoms with Gasteiger partial charge >= 0.3 is 5.97 Å². The van der Waals surface area contributed by atoms with Gasteiger partial charge in [0.15, 0.2) is 0 Å². The molecule has 1 aromatic carbocycles. The average Bonchev–Trinajstić information content (AvgIpc) is 2.42. The van der Waals surface area contributed by atoms with Crippen LogP contribution in [0.2, 0.25) is 0 Å². The molecule has 0 radical (unpaired) electrons. The third-order valence-electron chi connectivity index (χ3n) is 4.49. The Kier molecular flexibility index (Phi) is 3.49. The standard InChI is InChI=1S/C17H22O3/c1-16(2)8-9-17(3,4)13-10-11(6-7-12(13)16)14(18)15(19)20-5/h6-7,10H,8-9H2,1-5H3. The normalized spacial score (nSPS) is 19.1. The van der Waals surface area contributed by atoms with Crippen LogP contribution < -0.4 is 0 Å². The first-order valence-electron chi connectivity index (χ1n) is 6.97. The highest BCUT2D eigenvalue weighted by molar-refractivity contribution is 6.40. The summed E-state index contributed by atoms with van der Waals surface area (Å²) in [5.41, 5.74) is 3.00. The number of carbonyl (C=O) groups excluding carboxylic acids is 2. The number of ether oxygens (including phenoxy) is 1. The van der Waals surface area contributed by atoms with Gasteiger partial charge in [-0.05, 0) is 40.9 Å². The van der Waals surface area contributed by atoms with Crippen molar-refractivity contribution in [1.82, 2.24) is 0 Å². The van der Waals surface area contributed by atoms with Crippen LogP contribution in [0.5, 0.6) is 0 Å². The first-order valence-corrected chi connectivity index (χ1v) is 6.97. The smallest absolute Gasteiger partial charge is 0.379 e. The molecule has 0 aromatic heterocycles. The molecular weight excluding hydrogens is 252 g/mol. The van der Waals surface area contributed by atoms with Crippen molar-refractivity contribution in [2.24, 2.45) is 0 Å². The second-order valence-electron chi connectivity index (χ2n) is 6.85. The van der Waals surface area contributed by atoms with Crippen molar-refractivity contribution in [3.05, 3.63) is 34.9 Å². The molecule has 108 valence electrons. The molecule has 0 unspecified atom stereocenters. The van der Waals surface area contributed by atoms with Crippen LogP contribution in [0.25, 0.3) is 0 Å². The van der Waals surface area contributed by atoms with E-state index in [9.17, 15) is 9.59 Å². The van der Waals surface area contributed by atoms with E-state index in [2.05, 4.69) is 32.4 Å². The van der Waals surface area contributed by atoms with Gasteiger partial charge in [-0.15, -0.1) is 0 Å². The van der Waals surface area contributed by atoms with Crippen molar-refractivity contribution < 1.29 is 14.3 Å². The molecule has 1 aliphatic carbocycles. The quantitative estimate of drug-likeness (QED) is 0.471. The Hall–Kier alpha value is -1.64. The van der Waals surface area contributed by atoms with Gasteiger partial charge in [0.2, 0.25) is 0 Å². The summed E-state index contributed by atoms with van der Waals surface area (Å²) in [7, 11) is 1.23. The number of rotatable bonds is 2. The molecule has 3 heteroatoms. The number of hydrogen-bond acceptors (Lipinski definition) is 3. The lowest BCUT2D eigenvalue weighted by Crippen LogP contribution is -2.34. The summed E-state index contributed by atoms with van der Waals surface area (Å²) >= 11 is 0. The Morgan fingerprint density at radius 3 is 2.10 bits per heavy atom. The van der Waals surface area contributed by atoms with Crippen molar-refractivity contribution in [2.75, 3.05) is 7.11 Å². The first kappa shape index (κ1) is 14.8. The maximum Gasteiger partial charge on any atom is 0.379 e. The molecule has 0 heterocycles. The summed E-state index contributed by atoms with van der Waals surface area (Å²) in [6.07, 6.45) is 2.19. The van der Waals surface area contributed by atoms with E-state index in [1.165, 1.54) is 18.2 Å². The number of ketones is 1. The fraction of sp³-hybridized carbons (Fsp3) is 0.529. The molecule has 1 aliphatic rings. The number of Topliss-reactive ketones (excluding diaryl/α,β-unsaturated/α-hetero) is 1. The van der Waals surface area contributed by atoms with Gasteiger partial charge in [-0.2, -0.15) is 0 Å². The van der Waals surface area contributed by atoms with E-state index < -0.39 is 11.8 Å². The zero-order chi connectivity index (χ0) is 15.1. The van der Waals surface area contributed by atoms with Crippen LogP contribution in [-0.2, 0) is 20.4 Å². The Balaban J connectivity index is 2.54. The zero-order valence-electron chi connectivity index (χ0n) is 12.9. The number of carbonyl (C=O) groups is 2. The summed E-state index contributed by atoms with van der Waals surface area (Å²) in [6.45, 7) is 8.83. The van der Waals surface area contributed by atoms with Crippen molar-refractivity contribution in [1.29, 1.82) is 0 Å². The second kappa shape index (κ2) is 4.72. The van der Waals surface area contributed by atoms with Gasteiger partial charge in [0, 0.05) is 5.56 Å². The third kappa shape index (κ3) is 2.37. The predicted octanol–water partition coefficient (Wildman–Crippen LogP) is 3.39. The van der Waals surface area contributed by atoms with E-state index in [4.69, 9.17) is 0 Å². The molecule has 0 atom stereocenters. The minimum absolute atomic E-state index is 0.0251. The van der Waals surface area contributed by atoms with Crippen LogP contribution in [0, 0.1) is 0 Å². The summed E-state index contributed by atoms with van der Waals surface area (Å²) < 4.78 is 4.51. The Bertz CT molecular complexity index is 568. The van der Waals surface area contributed by atoms with Crippen LogP contribution in [0.15, 0.2) is 18.2 Å². The third-order valence-corrected chi connectivity index (χ3v) is 4.49. The first-order chi connectivity index (χ1) is 9.19. The molecule has 0 spiro atoms. The second-order valence-corrected chi connectivity index (χ2v) is 6.85. The van der Waals surface area contributed by atoms with E-state index in [-0.39, 0.29) is 10.8 Å². The van der Waals surface area contributed by atoms with Gasteiger partial charge in [-0.25, -0.2) is 4.79 Å². The monoisotopic (exact) mass is 274 g/mol. The lowest BCUT2D eigenvalue weighted by Gasteiger charge is -2.42. The van der Waals surface area contributed by atoms with Gasteiger partial charge in [0.05, 0.1) is 7.11 Å². The van der Waals surface area contributed by atoms with E-state index in [0.717, 1.165) is 12.8 Å². The van der Waals surface area contributed by atoms with Gasteiger partial charge in [-0.3, -0.25) is 4.79 Å². The highest BCUT2D eigenvalue weighted by Crippen LogP contribution is 2.45. The fourth-order valence-corrected chi connectivity index (χ4v) is 2.94. The molecule has 0 saturated heterocycles. The van der Waals surface area contributed by atoms with E-state index in [1.54, 1.807) is 6.07 Å². The van der Waals surface area contributed by atoms with Crippen LogP contribution in [0.3, 0.4) is 0 Å². The summed E-state index contributed by atoms with van der Waals surface area (Å²) in [5.74, 6) is -1.38. The van der Waals surface area contributed by atoms with Gasteiger partial charge in [-0.1, -0.05) is 39.8 Å². The van der Waals surface area contributed by atoms with Crippen molar-refractivity contribution in [3.63, 3.8) is 0 Å². The molecule has 0 fully saturated rings. The van der Waals surface area contributed by atoms with Crippen LogP contribution in [0.1, 0.15) is 62.0 Å². The minimum Gasteiger partial charge on any atom is -0.463 e. The van der Waals surface area contributed by atoms with Gasteiger partial charge < -0.3 is 4.74 Å². The van der Waals surface area contributed by atoms with Gasteiger partial charge in [0.1, 0.15) is 0 Å². The molecule has 1 aromatic rings. The van der Waals surface area contributed by atoms with E-state index >= 15 is 0 Å². The molecular formula is C17H22O3. The van der Waals surface area contributed by atoms with E-state index in [0.29, 0.717) is 5.56 Å². The van der Waals surface area contributed by atoms with Crippen molar-refractivity contribution in [3.8, 4) is 0 Å². The highest BCUT2D eigenvalue weighted by atomic mass is 16.5. The number of methoxy groups -OCH3 is 1. The number of hydrogen-bond donors (Lipinski definition) is 0. The lowest BCUT2D eigenvalue weighted by atomic mass is 9.63.